The first-order valence-corrected chi connectivity index (χ1v) is 6.73. The molecule has 0 aliphatic carbocycles. The van der Waals surface area contributed by atoms with Crippen molar-refractivity contribution in [1.82, 2.24) is 0 Å². The summed E-state index contributed by atoms with van der Waals surface area (Å²) in [6.45, 7) is 1.77. The maximum atomic E-state index is 11.5. The van der Waals surface area contributed by atoms with Gasteiger partial charge in [-0.05, 0) is 30.5 Å². The maximum absolute atomic E-state index is 11.5. The molecule has 98 valence electrons. The molecule has 0 bridgehead atoms. The lowest BCUT2D eigenvalue weighted by atomic mass is 10.3. The summed E-state index contributed by atoms with van der Waals surface area (Å²) < 4.78 is 0. The van der Waals surface area contributed by atoms with Gasteiger partial charge < -0.3 is 0 Å². The number of carbonyl (C=O) groups excluding carboxylic acids is 1. The molecular weight excluding hydrogens is 284 g/mol. The van der Waals surface area contributed by atoms with E-state index in [0.29, 0.717) is 16.4 Å². The molecule has 4 nitrogen and oxygen atoms in total. The van der Waals surface area contributed by atoms with Crippen molar-refractivity contribution in [3.05, 3.63) is 51.7 Å². The SMILES string of the molecule is C/C(=N\OC(=O)Nc1ccccc1Cl)c1cccs1. The summed E-state index contributed by atoms with van der Waals surface area (Å²) in [5, 5.41) is 8.65. The third-order valence-corrected chi connectivity index (χ3v) is 3.56. The number of anilines is 1. The van der Waals surface area contributed by atoms with Gasteiger partial charge in [-0.2, -0.15) is 0 Å². The first-order valence-electron chi connectivity index (χ1n) is 5.48. The van der Waals surface area contributed by atoms with Crippen LogP contribution in [0.4, 0.5) is 10.5 Å². The van der Waals surface area contributed by atoms with Crippen molar-refractivity contribution in [1.29, 1.82) is 0 Å². The Hall–Kier alpha value is -1.85. The average molecular weight is 295 g/mol. The minimum Gasteiger partial charge on any atom is -0.297 e. The number of thiophene rings is 1. The van der Waals surface area contributed by atoms with E-state index in [1.165, 1.54) is 11.3 Å². The second kappa shape index (κ2) is 6.36. The van der Waals surface area contributed by atoms with Crippen molar-refractivity contribution in [3.63, 3.8) is 0 Å². The molecule has 1 amide bonds. The number of hydrogen-bond acceptors (Lipinski definition) is 4. The van der Waals surface area contributed by atoms with Gasteiger partial charge in [0.25, 0.3) is 0 Å². The molecule has 0 aliphatic heterocycles. The molecule has 1 N–H and O–H groups in total. The van der Waals surface area contributed by atoms with Crippen molar-refractivity contribution in [2.24, 2.45) is 5.16 Å². The normalized spacial score (nSPS) is 11.2. The predicted octanol–water partition coefficient (Wildman–Crippen LogP) is 4.37. The fourth-order valence-electron chi connectivity index (χ4n) is 1.33. The summed E-state index contributed by atoms with van der Waals surface area (Å²) in [4.78, 5) is 17.3. The molecule has 0 saturated carbocycles. The maximum Gasteiger partial charge on any atom is 0.437 e. The molecule has 1 aromatic carbocycles. The molecular formula is C13H11ClN2O2S. The zero-order valence-electron chi connectivity index (χ0n) is 10.1. The lowest BCUT2D eigenvalue weighted by Crippen LogP contribution is -2.12. The number of amides is 1. The van der Waals surface area contributed by atoms with Crippen LogP contribution in [0.5, 0.6) is 0 Å². The minimum atomic E-state index is -0.677. The van der Waals surface area contributed by atoms with Gasteiger partial charge in [0.1, 0.15) is 0 Å². The third-order valence-electron chi connectivity index (χ3n) is 2.25. The zero-order valence-corrected chi connectivity index (χ0v) is 11.7. The summed E-state index contributed by atoms with van der Waals surface area (Å²) in [5.41, 5.74) is 1.13. The van der Waals surface area contributed by atoms with Gasteiger partial charge in [0.2, 0.25) is 0 Å². The standard InChI is InChI=1S/C13H11ClN2O2S/c1-9(12-7-4-8-19-12)16-18-13(17)15-11-6-3-2-5-10(11)14/h2-8H,1H3,(H,15,17)/b16-9+. The summed E-state index contributed by atoms with van der Waals surface area (Å²) in [6, 6.07) is 10.7. The quantitative estimate of drug-likeness (QED) is 0.519. The number of benzene rings is 1. The highest BCUT2D eigenvalue weighted by Gasteiger charge is 2.06. The van der Waals surface area contributed by atoms with Crippen molar-refractivity contribution in [2.75, 3.05) is 5.32 Å². The number of nitrogens with zero attached hydrogens (tertiary/aromatic N) is 1. The smallest absolute Gasteiger partial charge is 0.297 e. The first-order chi connectivity index (χ1) is 9.16. The highest BCUT2D eigenvalue weighted by atomic mass is 35.5. The Labute approximate surface area is 119 Å². The van der Waals surface area contributed by atoms with Crippen LogP contribution >= 0.6 is 22.9 Å². The lowest BCUT2D eigenvalue weighted by molar-refractivity contribution is 0.166. The van der Waals surface area contributed by atoms with Gasteiger partial charge in [-0.1, -0.05) is 35.0 Å². The van der Waals surface area contributed by atoms with E-state index in [4.69, 9.17) is 16.4 Å². The molecule has 0 aliphatic rings. The monoisotopic (exact) mass is 294 g/mol. The number of hydrogen-bond donors (Lipinski definition) is 1. The molecule has 0 fully saturated rings. The van der Waals surface area contributed by atoms with E-state index in [0.717, 1.165) is 4.88 Å². The van der Waals surface area contributed by atoms with E-state index in [-0.39, 0.29) is 0 Å². The molecule has 2 aromatic rings. The Bertz CT molecular complexity index is 596. The van der Waals surface area contributed by atoms with Crippen LogP contribution < -0.4 is 5.32 Å². The minimum absolute atomic E-state index is 0.443. The number of carbonyl (C=O) groups is 1. The molecule has 19 heavy (non-hydrogen) atoms. The van der Waals surface area contributed by atoms with Crippen molar-refractivity contribution in [2.45, 2.75) is 6.92 Å². The number of para-hydroxylation sites is 1. The van der Waals surface area contributed by atoms with E-state index in [9.17, 15) is 4.79 Å². The summed E-state index contributed by atoms with van der Waals surface area (Å²) in [6.07, 6.45) is -0.677. The Morgan fingerprint density at radius 1 is 1.32 bits per heavy atom. The van der Waals surface area contributed by atoms with Gasteiger partial charge in [-0.15, -0.1) is 11.3 Å². The summed E-state index contributed by atoms with van der Waals surface area (Å²) in [7, 11) is 0. The van der Waals surface area contributed by atoms with E-state index < -0.39 is 6.09 Å². The van der Waals surface area contributed by atoms with Gasteiger partial charge in [-0.25, -0.2) is 4.79 Å². The topological polar surface area (TPSA) is 50.7 Å². The van der Waals surface area contributed by atoms with Crippen LogP contribution in [0, 0.1) is 0 Å². The van der Waals surface area contributed by atoms with E-state index in [2.05, 4.69) is 10.5 Å². The molecule has 0 spiro atoms. The van der Waals surface area contributed by atoms with Crippen LogP contribution in [0.25, 0.3) is 0 Å². The summed E-state index contributed by atoms with van der Waals surface area (Å²) in [5.74, 6) is 0. The van der Waals surface area contributed by atoms with Gasteiger partial charge in [-0.3, -0.25) is 10.2 Å². The Balaban J connectivity index is 1.96. The Kier molecular flexibility index (Phi) is 4.54. The first kappa shape index (κ1) is 13.6. The van der Waals surface area contributed by atoms with E-state index in [1.54, 1.807) is 31.2 Å². The lowest BCUT2D eigenvalue weighted by Gasteiger charge is -2.04. The van der Waals surface area contributed by atoms with Crippen molar-refractivity contribution >= 4 is 40.4 Å². The Morgan fingerprint density at radius 3 is 2.79 bits per heavy atom. The van der Waals surface area contributed by atoms with E-state index >= 15 is 0 Å². The second-order valence-electron chi connectivity index (χ2n) is 3.64. The molecule has 0 radical (unpaired) electrons. The molecule has 0 saturated heterocycles. The van der Waals surface area contributed by atoms with Crippen LogP contribution in [-0.2, 0) is 4.84 Å². The fourth-order valence-corrected chi connectivity index (χ4v) is 2.19. The van der Waals surface area contributed by atoms with Crippen molar-refractivity contribution < 1.29 is 9.63 Å². The van der Waals surface area contributed by atoms with Crippen molar-refractivity contribution in [3.8, 4) is 0 Å². The Morgan fingerprint density at radius 2 is 2.11 bits per heavy atom. The van der Waals surface area contributed by atoms with Gasteiger partial charge >= 0.3 is 6.09 Å². The van der Waals surface area contributed by atoms with Gasteiger partial charge in [0.15, 0.2) is 0 Å². The predicted molar refractivity (Wildman–Crippen MR) is 78.1 cm³/mol. The highest BCUT2D eigenvalue weighted by molar-refractivity contribution is 7.12. The van der Waals surface area contributed by atoms with Gasteiger partial charge in [0.05, 0.1) is 21.3 Å². The third kappa shape index (κ3) is 3.81. The molecule has 0 atom stereocenters. The number of rotatable bonds is 3. The molecule has 2 rings (SSSR count). The van der Waals surface area contributed by atoms with Crippen LogP contribution in [0.2, 0.25) is 5.02 Å². The largest absolute Gasteiger partial charge is 0.437 e. The second-order valence-corrected chi connectivity index (χ2v) is 4.99. The zero-order chi connectivity index (χ0) is 13.7. The molecule has 1 aromatic heterocycles. The van der Waals surface area contributed by atoms with Crippen LogP contribution in [0.3, 0.4) is 0 Å². The number of halogens is 1. The number of nitrogens with one attached hydrogen (secondary N) is 1. The van der Waals surface area contributed by atoms with Crippen LogP contribution in [-0.4, -0.2) is 11.8 Å². The fraction of sp³-hybridized carbons (Fsp3) is 0.0769. The van der Waals surface area contributed by atoms with E-state index in [1.807, 2.05) is 17.5 Å². The molecule has 6 heteroatoms. The highest BCUT2D eigenvalue weighted by Crippen LogP contribution is 2.20. The number of oxime groups is 1. The average Bonchev–Trinajstić information content (AvgIpc) is 2.93. The van der Waals surface area contributed by atoms with Crippen LogP contribution in [0.1, 0.15) is 11.8 Å². The molecule has 1 heterocycles. The summed E-state index contributed by atoms with van der Waals surface area (Å²) >= 11 is 7.43. The van der Waals surface area contributed by atoms with Gasteiger partial charge in [0, 0.05) is 0 Å². The van der Waals surface area contributed by atoms with Crippen LogP contribution in [0.15, 0.2) is 46.9 Å². The molecule has 0 unspecified atom stereocenters.